The number of nitrogens with zero attached hydrogens (tertiary/aromatic N) is 8. The number of benzene rings is 2. The number of nitrogens with one attached hydrogen (secondary N) is 1. The van der Waals surface area contributed by atoms with Crippen LogP contribution in [0.25, 0.3) is 22.1 Å². The second kappa shape index (κ2) is 15.2. The summed E-state index contributed by atoms with van der Waals surface area (Å²) in [6, 6.07) is 6.45. The zero-order chi connectivity index (χ0) is 34.5. The average molecular weight is 866 g/mol. The van der Waals surface area contributed by atoms with Crippen LogP contribution in [0.3, 0.4) is 0 Å². The smallest absolute Gasteiger partial charge is 0.224 e. The normalized spacial score (nSPS) is 11.3. The van der Waals surface area contributed by atoms with Gasteiger partial charge in [0.05, 0.1) is 31.4 Å². The number of sulfone groups is 2. The number of hydrogen-bond donors (Lipinski definition) is 2. The maximum atomic E-state index is 12.2. The van der Waals surface area contributed by atoms with Crippen LogP contribution in [0.1, 0.15) is 0 Å². The van der Waals surface area contributed by atoms with Crippen molar-refractivity contribution in [3.05, 3.63) is 86.1 Å². The first kappa shape index (κ1) is 36.4. The molecule has 6 aromatic rings. The van der Waals surface area contributed by atoms with Crippen molar-refractivity contribution in [1.82, 2.24) is 39.9 Å². The molecule has 0 aliphatic rings. The lowest BCUT2D eigenvalue weighted by atomic mass is 10.2. The van der Waals surface area contributed by atoms with Crippen molar-refractivity contribution in [1.29, 1.82) is 0 Å². The van der Waals surface area contributed by atoms with Gasteiger partial charge in [0.25, 0.3) is 0 Å². The number of nitrogen functional groups attached to an aromatic ring is 1. The summed E-state index contributed by atoms with van der Waals surface area (Å²) in [6.07, 6.45) is 11.1. The molecule has 0 aliphatic carbocycles. The molecule has 0 amide bonds. The second-order valence-corrected chi connectivity index (χ2v) is 15.7. The fourth-order valence-corrected chi connectivity index (χ4v) is 6.74. The SMILES string of the molecule is CS(=O)(=O)c1c(N)ccc2nccnc12.CS(=O)(=O)c1c(Nc2nc(Cl)ncc2Br)ccc2nccnc12.Clc1ncc(Br)c(Cl)n1. The largest absolute Gasteiger partial charge is 0.398 e. The van der Waals surface area contributed by atoms with E-state index in [2.05, 4.69) is 77.0 Å². The number of anilines is 3. The van der Waals surface area contributed by atoms with Crippen molar-refractivity contribution >= 4 is 126 Å². The summed E-state index contributed by atoms with van der Waals surface area (Å²) in [5.74, 6) is 0.346. The van der Waals surface area contributed by atoms with Crippen LogP contribution in [0.2, 0.25) is 15.7 Å². The Morgan fingerprint density at radius 1 is 0.660 bits per heavy atom. The Morgan fingerprint density at radius 2 is 1.15 bits per heavy atom. The number of aromatic nitrogens is 8. The summed E-state index contributed by atoms with van der Waals surface area (Å²) < 4.78 is 48.7. The molecular formula is C26H19Br2Cl3N10O4S2. The van der Waals surface area contributed by atoms with Gasteiger partial charge in [0, 0.05) is 49.7 Å². The molecule has 47 heavy (non-hydrogen) atoms. The van der Waals surface area contributed by atoms with Gasteiger partial charge in [-0.3, -0.25) is 19.9 Å². The Balaban J connectivity index is 0.000000178. The highest BCUT2D eigenvalue weighted by Crippen LogP contribution is 2.32. The molecule has 0 atom stereocenters. The number of halogens is 5. The highest BCUT2D eigenvalue weighted by Gasteiger charge is 2.20. The van der Waals surface area contributed by atoms with E-state index in [0.29, 0.717) is 42.2 Å². The van der Waals surface area contributed by atoms with Gasteiger partial charge >= 0.3 is 0 Å². The van der Waals surface area contributed by atoms with Gasteiger partial charge in [-0.25, -0.2) is 31.8 Å². The van der Waals surface area contributed by atoms with Gasteiger partial charge in [-0.1, -0.05) is 11.6 Å². The minimum absolute atomic E-state index is 0.0391. The molecule has 0 saturated heterocycles. The molecule has 0 spiro atoms. The van der Waals surface area contributed by atoms with E-state index >= 15 is 0 Å². The lowest BCUT2D eigenvalue weighted by Gasteiger charge is -2.13. The van der Waals surface area contributed by atoms with E-state index in [4.69, 9.17) is 40.5 Å². The predicted molar refractivity (Wildman–Crippen MR) is 187 cm³/mol. The van der Waals surface area contributed by atoms with Crippen LogP contribution in [-0.2, 0) is 19.7 Å². The number of fused-ring (bicyclic) bond motifs is 2. The molecule has 6 rings (SSSR count). The molecule has 2 aromatic carbocycles. The van der Waals surface area contributed by atoms with Gasteiger partial charge in [0.1, 0.15) is 31.8 Å². The summed E-state index contributed by atoms with van der Waals surface area (Å²) in [5.41, 5.74) is 7.77. The predicted octanol–water partition coefficient (Wildman–Crippen LogP) is 6.14. The standard InChI is InChI=1S/C13H9BrClN5O2S.C9H9N3O2S.C4HBrCl2N2/c1-23(21,22)11-9(3-2-8-10(11)17-5-4-16-8)19-12-7(14)6-18-13(15)20-12;1-15(13,14)9-6(10)2-3-7-8(9)12-5-4-11-7;5-2-1-8-4(7)9-3(2)6/h2-6H,1H3,(H,18,19,20);2-5H,10H2,1H3;1H. The first-order chi connectivity index (χ1) is 22.1. The third-order valence-corrected chi connectivity index (χ3v) is 9.97. The Kier molecular flexibility index (Phi) is 11.8. The van der Waals surface area contributed by atoms with Gasteiger partial charge in [-0.15, -0.1) is 0 Å². The molecule has 14 nitrogen and oxygen atoms in total. The minimum atomic E-state index is -3.56. The summed E-state index contributed by atoms with van der Waals surface area (Å²) in [6.45, 7) is 0. The third kappa shape index (κ3) is 9.37. The van der Waals surface area contributed by atoms with E-state index in [1.54, 1.807) is 18.2 Å². The lowest BCUT2D eigenvalue weighted by Crippen LogP contribution is -2.06. The van der Waals surface area contributed by atoms with E-state index < -0.39 is 19.7 Å². The number of hydrogen-bond acceptors (Lipinski definition) is 14. The Hall–Kier alpha value is -3.39. The van der Waals surface area contributed by atoms with E-state index in [1.165, 1.54) is 43.2 Å². The van der Waals surface area contributed by atoms with E-state index in [0.717, 1.165) is 12.5 Å². The first-order valence-corrected chi connectivity index (χ1v) is 19.0. The van der Waals surface area contributed by atoms with Crippen LogP contribution >= 0.6 is 66.7 Å². The van der Waals surface area contributed by atoms with Crippen molar-refractivity contribution in [3.63, 3.8) is 0 Å². The summed E-state index contributed by atoms with van der Waals surface area (Å²) in [5, 5.41) is 3.47. The fraction of sp³-hybridized carbons (Fsp3) is 0.0769. The minimum Gasteiger partial charge on any atom is -0.398 e. The van der Waals surface area contributed by atoms with Gasteiger partial charge in [0.15, 0.2) is 19.7 Å². The van der Waals surface area contributed by atoms with Crippen molar-refractivity contribution in [2.24, 2.45) is 0 Å². The first-order valence-electron chi connectivity index (χ1n) is 12.5. The molecular weight excluding hydrogens is 847 g/mol. The van der Waals surface area contributed by atoms with Crippen LogP contribution in [0.4, 0.5) is 17.2 Å². The quantitative estimate of drug-likeness (QED) is 0.116. The lowest BCUT2D eigenvalue weighted by molar-refractivity contribution is 0.601. The molecule has 0 fully saturated rings. The number of rotatable bonds is 4. The molecule has 4 aromatic heterocycles. The third-order valence-electron chi connectivity index (χ3n) is 5.60. The van der Waals surface area contributed by atoms with Crippen molar-refractivity contribution in [2.75, 3.05) is 23.6 Å². The molecule has 0 unspecified atom stereocenters. The van der Waals surface area contributed by atoms with Crippen LogP contribution in [0, 0.1) is 0 Å². The van der Waals surface area contributed by atoms with Crippen LogP contribution in [0.15, 0.2) is 80.2 Å². The number of nitrogens with two attached hydrogens (primary N) is 1. The van der Waals surface area contributed by atoms with Gasteiger partial charge in [-0.05, 0) is 79.3 Å². The monoisotopic (exact) mass is 862 g/mol. The van der Waals surface area contributed by atoms with Crippen LogP contribution in [-0.4, -0.2) is 69.2 Å². The van der Waals surface area contributed by atoms with Crippen molar-refractivity contribution < 1.29 is 16.8 Å². The summed E-state index contributed by atoms with van der Waals surface area (Å²) >= 11 is 23.1. The molecule has 3 N–H and O–H groups in total. The second-order valence-electron chi connectivity index (χ2n) is 9.06. The van der Waals surface area contributed by atoms with E-state index in [9.17, 15) is 16.8 Å². The van der Waals surface area contributed by atoms with Gasteiger partial charge < -0.3 is 11.1 Å². The zero-order valence-corrected chi connectivity index (χ0v) is 30.8. The molecule has 21 heteroatoms. The van der Waals surface area contributed by atoms with Crippen molar-refractivity contribution in [2.45, 2.75) is 9.79 Å². The Labute approximate surface area is 299 Å². The molecule has 0 aliphatic heterocycles. The molecule has 0 bridgehead atoms. The van der Waals surface area contributed by atoms with Crippen molar-refractivity contribution in [3.8, 4) is 0 Å². The molecule has 0 radical (unpaired) electrons. The molecule has 0 saturated carbocycles. The molecule has 4 heterocycles. The van der Waals surface area contributed by atoms with Gasteiger partial charge in [-0.2, -0.15) is 4.98 Å². The average Bonchev–Trinajstić information content (AvgIpc) is 3.00. The Bertz CT molecular complexity index is 2340. The van der Waals surface area contributed by atoms with Crippen LogP contribution in [0.5, 0.6) is 0 Å². The maximum Gasteiger partial charge on any atom is 0.224 e. The topological polar surface area (TPSA) is 209 Å². The maximum absolute atomic E-state index is 12.2. The summed E-state index contributed by atoms with van der Waals surface area (Å²) in [7, 11) is -6.95. The summed E-state index contributed by atoms with van der Waals surface area (Å²) in [4.78, 5) is 31.5. The fourth-order valence-electron chi connectivity index (χ4n) is 3.79. The highest BCUT2D eigenvalue weighted by molar-refractivity contribution is 9.11. The highest BCUT2D eigenvalue weighted by atomic mass is 79.9. The zero-order valence-electron chi connectivity index (χ0n) is 23.8. The van der Waals surface area contributed by atoms with E-state index in [1.807, 2.05) is 0 Å². The molecule has 244 valence electrons. The van der Waals surface area contributed by atoms with Gasteiger partial charge in [0.2, 0.25) is 10.6 Å². The Morgan fingerprint density at radius 3 is 1.68 bits per heavy atom. The van der Waals surface area contributed by atoms with Crippen LogP contribution < -0.4 is 11.1 Å². The van der Waals surface area contributed by atoms with E-state index in [-0.39, 0.29) is 31.6 Å².